The summed E-state index contributed by atoms with van der Waals surface area (Å²) in [5.41, 5.74) is -1.22. The minimum atomic E-state index is -3.84. The first-order chi connectivity index (χ1) is 16.2. The predicted octanol–water partition coefficient (Wildman–Crippen LogP) is -0.0359. The maximum absolute atomic E-state index is 12.0. The van der Waals surface area contributed by atoms with Gasteiger partial charge in [-0.25, -0.2) is 28.3 Å². The summed E-state index contributed by atoms with van der Waals surface area (Å²) in [6, 6.07) is 0. The van der Waals surface area contributed by atoms with Crippen molar-refractivity contribution in [3.05, 3.63) is 0 Å². The molecule has 0 aromatic carbocycles. The van der Waals surface area contributed by atoms with Crippen molar-refractivity contribution < 1.29 is 35.9 Å². The number of hydrogen-bond donors (Lipinski definition) is 3. The van der Waals surface area contributed by atoms with Crippen LogP contribution < -0.4 is 15.6 Å². The number of carbonyl (C=O) groups excluding carboxylic acids is 2. The lowest BCUT2D eigenvalue weighted by atomic mass is 10.2. The molecule has 2 heterocycles. The molecule has 1 unspecified atom stereocenters. The van der Waals surface area contributed by atoms with Crippen LogP contribution in [0.1, 0.15) is 54.4 Å². The lowest BCUT2D eigenvalue weighted by molar-refractivity contribution is 0.0230. The van der Waals surface area contributed by atoms with Gasteiger partial charge in [-0.15, -0.1) is 0 Å². The van der Waals surface area contributed by atoms with Crippen LogP contribution >= 0.6 is 0 Å². The van der Waals surface area contributed by atoms with Gasteiger partial charge in [0.1, 0.15) is 11.2 Å². The highest BCUT2D eigenvalue weighted by molar-refractivity contribution is 7.89. The number of hydrogen-bond acceptors (Lipinski definition) is 9. The van der Waals surface area contributed by atoms with Crippen molar-refractivity contribution in [1.82, 2.24) is 19.4 Å². The van der Waals surface area contributed by atoms with E-state index in [9.17, 15) is 26.4 Å². The number of nitrogens with one attached hydrogen (secondary N) is 1. The first-order valence-corrected chi connectivity index (χ1v) is 14.8. The molecule has 2 amide bonds. The molecule has 0 aromatic rings. The fourth-order valence-corrected chi connectivity index (χ4v) is 4.95. The van der Waals surface area contributed by atoms with Crippen LogP contribution in [0.2, 0.25) is 0 Å². The first-order valence-electron chi connectivity index (χ1n) is 11.7. The Morgan fingerprint density at radius 1 is 0.806 bits per heavy atom. The predicted molar refractivity (Wildman–Crippen MR) is 134 cm³/mol. The van der Waals surface area contributed by atoms with Gasteiger partial charge in [0.05, 0.1) is 0 Å². The van der Waals surface area contributed by atoms with Crippen LogP contribution in [0.25, 0.3) is 0 Å². The van der Waals surface area contributed by atoms with Gasteiger partial charge in [0.2, 0.25) is 10.0 Å². The third kappa shape index (κ3) is 12.0. The fraction of sp³-hybridized carbons (Fsp3) is 0.900. The molecule has 0 saturated carbocycles. The number of amides is 2. The summed E-state index contributed by atoms with van der Waals surface area (Å²) in [6.07, 6.45) is 0.144. The second kappa shape index (κ2) is 12.7. The van der Waals surface area contributed by atoms with Crippen LogP contribution in [0.15, 0.2) is 0 Å². The van der Waals surface area contributed by atoms with E-state index in [1.54, 1.807) is 41.5 Å². The molecule has 0 spiro atoms. The van der Waals surface area contributed by atoms with Gasteiger partial charge in [0.15, 0.2) is 5.37 Å². The van der Waals surface area contributed by atoms with Crippen LogP contribution in [0.5, 0.6) is 0 Å². The summed E-state index contributed by atoms with van der Waals surface area (Å²) < 4.78 is 57.1. The molecule has 0 aliphatic carbocycles. The first kappa shape index (κ1) is 32.3. The van der Waals surface area contributed by atoms with Crippen LogP contribution in [0, 0.1) is 0 Å². The van der Waals surface area contributed by atoms with Gasteiger partial charge in [-0.05, 0) is 60.9 Å². The molecular formula is C20H42N6O8S2. The Bertz CT molecular complexity index is 960. The normalized spacial score (nSPS) is 20.9. The number of nitrogens with zero attached hydrogens (tertiary/aromatic N) is 3. The molecule has 5 N–H and O–H groups in total. The molecule has 0 aromatic heterocycles. The number of ether oxygens (including phenoxy) is 2. The summed E-state index contributed by atoms with van der Waals surface area (Å²) >= 11 is 0. The zero-order chi connectivity index (χ0) is 27.9. The molecule has 36 heavy (non-hydrogen) atoms. The summed E-state index contributed by atoms with van der Waals surface area (Å²) in [6.45, 7) is 12.9. The molecule has 0 bridgehead atoms. The van der Waals surface area contributed by atoms with E-state index in [1.165, 1.54) is 14.1 Å². The van der Waals surface area contributed by atoms with Gasteiger partial charge in [-0.1, -0.05) is 0 Å². The zero-order valence-corrected chi connectivity index (χ0v) is 23.7. The number of rotatable bonds is 2. The minimum Gasteiger partial charge on any atom is -0.444 e. The molecule has 2 aliphatic heterocycles. The van der Waals surface area contributed by atoms with Gasteiger partial charge >= 0.3 is 12.2 Å². The van der Waals surface area contributed by atoms with Gasteiger partial charge in [0, 0.05) is 39.3 Å². The van der Waals surface area contributed by atoms with Gasteiger partial charge in [0.25, 0.3) is 10.2 Å². The number of carbonyl (C=O) groups is 2. The van der Waals surface area contributed by atoms with Crippen molar-refractivity contribution >= 4 is 32.4 Å². The van der Waals surface area contributed by atoms with Crippen LogP contribution in [0.3, 0.4) is 0 Å². The zero-order valence-electron chi connectivity index (χ0n) is 22.0. The Labute approximate surface area is 214 Å². The minimum absolute atomic E-state index is 0.123. The smallest absolute Gasteiger partial charge is 0.411 e. The Morgan fingerprint density at radius 3 is 1.86 bits per heavy atom. The Kier molecular flexibility index (Phi) is 11.4. The highest BCUT2D eigenvalue weighted by Gasteiger charge is 2.35. The molecule has 16 heteroatoms. The number of primary sulfonamides is 1. The number of sulfonamides is 1. The molecule has 2 fully saturated rings. The van der Waals surface area contributed by atoms with Gasteiger partial charge in [-0.2, -0.15) is 12.7 Å². The summed E-state index contributed by atoms with van der Waals surface area (Å²) in [5.74, 6) is 0. The molecule has 2 aliphatic rings. The standard InChI is InChI=1S/2C10H21N3O4S/c1-10(2,3)17-9(14)13-6-4-5-12-7-8(13)18(11,15)16;1-10(2,3)17-9(14)12-5-4-6-13(8-7-12)18(11,15)16/h8,12H,4-7H2,1-3H3,(H2,11,15,16);4-8H2,1-3H3,(H2,11,15,16). The quantitative estimate of drug-likeness (QED) is 0.417. The van der Waals surface area contributed by atoms with E-state index in [0.29, 0.717) is 45.6 Å². The van der Waals surface area contributed by atoms with Crippen molar-refractivity contribution in [2.24, 2.45) is 10.3 Å². The highest BCUT2D eigenvalue weighted by Crippen LogP contribution is 2.16. The van der Waals surface area contributed by atoms with Crippen molar-refractivity contribution in [3.63, 3.8) is 0 Å². The molecule has 14 nitrogen and oxygen atoms in total. The van der Waals surface area contributed by atoms with E-state index in [0.717, 1.165) is 0 Å². The van der Waals surface area contributed by atoms with Crippen molar-refractivity contribution in [1.29, 1.82) is 0 Å². The van der Waals surface area contributed by atoms with Crippen molar-refractivity contribution in [2.45, 2.75) is 71.0 Å². The molecule has 212 valence electrons. The van der Waals surface area contributed by atoms with Crippen LogP contribution in [-0.2, 0) is 29.7 Å². The third-order valence-electron chi connectivity index (χ3n) is 4.89. The topological polar surface area (TPSA) is 195 Å². The SMILES string of the molecule is CC(C)(C)OC(=O)N1CCCN(S(N)(=O)=O)CC1.CC(C)(C)OC(=O)N1CCCNCC1S(N)(=O)=O. The Balaban J connectivity index is 0.000000360. The molecule has 2 rings (SSSR count). The largest absolute Gasteiger partial charge is 0.444 e. The second-order valence-electron chi connectivity index (χ2n) is 10.5. The lowest BCUT2D eigenvalue weighted by Gasteiger charge is -2.30. The Hall–Kier alpha value is -1.72. The number of nitrogens with two attached hydrogens (primary N) is 2. The Morgan fingerprint density at radius 2 is 1.36 bits per heavy atom. The maximum Gasteiger partial charge on any atom is 0.411 e. The molecule has 0 radical (unpaired) electrons. The summed E-state index contributed by atoms with van der Waals surface area (Å²) in [4.78, 5) is 26.5. The molecule has 1 atom stereocenters. The summed E-state index contributed by atoms with van der Waals surface area (Å²) in [7, 11) is -7.52. The van der Waals surface area contributed by atoms with Crippen LogP contribution in [0.4, 0.5) is 9.59 Å². The van der Waals surface area contributed by atoms with E-state index in [2.05, 4.69) is 5.32 Å². The van der Waals surface area contributed by atoms with Gasteiger partial charge in [-0.3, -0.25) is 4.90 Å². The van der Waals surface area contributed by atoms with E-state index >= 15 is 0 Å². The monoisotopic (exact) mass is 558 g/mol. The summed E-state index contributed by atoms with van der Waals surface area (Å²) in [5, 5.41) is 12.1. The second-order valence-corrected chi connectivity index (χ2v) is 13.8. The van der Waals surface area contributed by atoms with E-state index < -0.39 is 49.0 Å². The highest BCUT2D eigenvalue weighted by atomic mass is 32.2. The average molecular weight is 559 g/mol. The van der Waals surface area contributed by atoms with E-state index in [4.69, 9.17) is 19.8 Å². The van der Waals surface area contributed by atoms with E-state index in [1.807, 2.05) is 0 Å². The maximum atomic E-state index is 12.0. The van der Waals surface area contributed by atoms with Crippen LogP contribution in [-0.4, -0.2) is 106 Å². The van der Waals surface area contributed by atoms with E-state index in [-0.39, 0.29) is 13.1 Å². The van der Waals surface area contributed by atoms with Crippen molar-refractivity contribution in [2.75, 3.05) is 45.8 Å². The molecular weight excluding hydrogens is 516 g/mol. The van der Waals surface area contributed by atoms with Crippen molar-refractivity contribution in [3.8, 4) is 0 Å². The third-order valence-corrected chi connectivity index (χ3v) is 7.16. The average Bonchev–Trinajstić information content (AvgIpc) is 3.06. The fourth-order valence-electron chi connectivity index (χ4n) is 3.33. The van der Waals surface area contributed by atoms with Gasteiger partial charge < -0.3 is 19.7 Å². The lowest BCUT2D eigenvalue weighted by Crippen LogP contribution is -2.52. The molecule has 2 saturated heterocycles.